The number of ether oxygens (including phenoxy) is 2. The first-order valence-electron chi connectivity index (χ1n) is 8.42. The molecular formula is C16H33N3O4. The highest BCUT2D eigenvalue weighted by Crippen LogP contribution is 1.99. The Morgan fingerprint density at radius 2 is 1.65 bits per heavy atom. The van der Waals surface area contributed by atoms with E-state index < -0.39 is 12.0 Å². The van der Waals surface area contributed by atoms with E-state index in [1.54, 1.807) is 13.8 Å². The molecule has 136 valence electrons. The van der Waals surface area contributed by atoms with Gasteiger partial charge < -0.3 is 25.0 Å². The van der Waals surface area contributed by atoms with Gasteiger partial charge in [0.15, 0.2) is 0 Å². The summed E-state index contributed by atoms with van der Waals surface area (Å²) in [5.41, 5.74) is 0. The van der Waals surface area contributed by atoms with E-state index in [9.17, 15) is 9.59 Å². The van der Waals surface area contributed by atoms with Crippen molar-refractivity contribution in [3.05, 3.63) is 0 Å². The zero-order valence-electron chi connectivity index (χ0n) is 15.0. The molecule has 0 radical (unpaired) electrons. The van der Waals surface area contributed by atoms with Crippen molar-refractivity contribution < 1.29 is 19.1 Å². The highest BCUT2D eigenvalue weighted by molar-refractivity contribution is 5.82. The minimum absolute atomic E-state index is 0.00291. The van der Waals surface area contributed by atoms with Gasteiger partial charge in [0.25, 0.3) is 0 Å². The van der Waals surface area contributed by atoms with Crippen LogP contribution in [0.2, 0.25) is 0 Å². The van der Waals surface area contributed by atoms with E-state index in [1.165, 1.54) is 0 Å². The minimum atomic E-state index is -0.636. The monoisotopic (exact) mass is 331 g/mol. The van der Waals surface area contributed by atoms with Gasteiger partial charge in [-0.05, 0) is 67.0 Å². The first kappa shape index (κ1) is 21.8. The molecule has 0 spiro atoms. The molecular weight excluding hydrogens is 298 g/mol. The van der Waals surface area contributed by atoms with Gasteiger partial charge >= 0.3 is 11.9 Å². The summed E-state index contributed by atoms with van der Waals surface area (Å²) < 4.78 is 9.87. The Labute approximate surface area is 140 Å². The number of hydrogen-bond donors (Lipinski definition) is 2. The third-order valence-corrected chi connectivity index (χ3v) is 3.13. The number of rotatable bonds is 14. The van der Waals surface area contributed by atoms with E-state index in [0.717, 1.165) is 32.5 Å². The van der Waals surface area contributed by atoms with Crippen molar-refractivity contribution in [2.24, 2.45) is 0 Å². The Morgan fingerprint density at radius 1 is 1.00 bits per heavy atom. The van der Waals surface area contributed by atoms with Gasteiger partial charge in [-0.3, -0.25) is 9.59 Å². The first-order chi connectivity index (χ1) is 11.0. The molecule has 0 unspecified atom stereocenters. The van der Waals surface area contributed by atoms with Gasteiger partial charge in [0.05, 0.1) is 19.6 Å². The SMILES string of the molecule is CCOC(=O)C[C@H](NCCCNCCCN(C)C)C(=O)OCC. The van der Waals surface area contributed by atoms with Crippen molar-refractivity contribution in [2.75, 3.05) is 53.5 Å². The number of esters is 2. The second kappa shape index (κ2) is 14.4. The molecule has 0 aromatic carbocycles. The lowest BCUT2D eigenvalue weighted by atomic mass is 10.2. The second-order valence-corrected chi connectivity index (χ2v) is 5.53. The minimum Gasteiger partial charge on any atom is -0.466 e. The number of hydrogen-bond acceptors (Lipinski definition) is 7. The van der Waals surface area contributed by atoms with Crippen LogP contribution in [0.4, 0.5) is 0 Å². The molecule has 0 heterocycles. The van der Waals surface area contributed by atoms with Gasteiger partial charge in [0, 0.05) is 0 Å². The van der Waals surface area contributed by atoms with Gasteiger partial charge in [-0.25, -0.2) is 0 Å². The van der Waals surface area contributed by atoms with Crippen LogP contribution in [-0.4, -0.2) is 76.4 Å². The molecule has 23 heavy (non-hydrogen) atoms. The van der Waals surface area contributed by atoms with Crippen LogP contribution < -0.4 is 10.6 Å². The van der Waals surface area contributed by atoms with Crippen molar-refractivity contribution in [2.45, 2.75) is 39.2 Å². The predicted octanol–water partition coefficient (Wildman–Crippen LogP) is 0.392. The fourth-order valence-corrected chi connectivity index (χ4v) is 2.00. The summed E-state index contributed by atoms with van der Waals surface area (Å²) in [6.07, 6.45) is 1.98. The average molecular weight is 331 g/mol. The quantitative estimate of drug-likeness (QED) is 0.352. The molecule has 0 aliphatic heterocycles. The maximum Gasteiger partial charge on any atom is 0.323 e. The van der Waals surface area contributed by atoms with E-state index >= 15 is 0 Å². The first-order valence-corrected chi connectivity index (χ1v) is 8.42. The third kappa shape index (κ3) is 13.0. The molecule has 1 atom stereocenters. The second-order valence-electron chi connectivity index (χ2n) is 5.53. The molecule has 0 saturated heterocycles. The molecule has 2 N–H and O–H groups in total. The molecule has 0 aromatic rings. The molecule has 0 amide bonds. The summed E-state index contributed by atoms with van der Waals surface area (Å²) in [6, 6.07) is -0.636. The zero-order valence-corrected chi connectivity index (χ0v) is 15.0. The highest BCUT2D eigenvalue weighted by Gasteiger charge is 2.23. The molecule has 0 fully saturated rings. The molecule has 7 heteroatoms. The van der Waals surface area contributed by atoms with Crippen LogP contribution in [0.25, 0.3) is 0 Å². The van der Waals surface area contributed by atoms with E-state index in [0.29, 0.717) is 19.8 Å². The van der Waals surface area contributed by atoms with Crippen molar-refractivity contribution in [1.82, 2.24) is 15.5 Å². The fourth-order valence-electron chi connectivity index (χ4n) is 2.00. The number of carbonyl (C=O) groups excluding carboxylic acids is 2. The van der Waals surface area contributed by atoms with E-state index in [1.807, 2.05) is 0 Å². The van der Waals surface area contributed by atoms with E-state index in [-0.39, 0.29) is 12.4 Å². The summed E-state index contributed by atoms with van der Waals surface area (Å²) in [5.74, 6) is -0.792. The number of carbonyl (C=O) groups is 2. The Morgan fingerprint density at radius 3 is 2.26 bits per heavy atom. The van der Waals surface area contributed by atoms with Crippen LogP contribution in [-0.2, 0) is 19.1 Å². The predicted molar refractivity (Wildman–Crippen MR) is 90.3 cm³/mol. The maximum absolute atomic E-state index is 11.8. The third-order valence-electron chi connectivity index (χ3n) is 3.13. The molecule has 0 aliphatic rings. The molecule has 0 bridgehead atoms. The van der Waals surface area contributed by atoms with Gasteiger partial charge in [0.1, 0.15) is 6.04 Å². The van der Waals surface area contributed by atoms with Gasteiger partial charge in [-0.2, -0.15) is 0 Å². The molecule has 0 aliphatic carbocycles. The van der Waals surface area contributed by atoms with Crippen LogP contribution in [0.3, 0.4) is 0 Å². The van der Waals surface area contributed by atoms with Crippen LogP contribution in [0.1, 0.15) is 33.1 Å². The fraction of sp³-hybridized carbons (Fsp3) is 0.875. The summed E-state index contributed by atoms with van der Waals surface area (Å²) in [4.78, 5) is 25.5. The molecule has 0 saturated carbocycles. The highest BCUT2D eigenvalue weighted by atomic mass is 16.5. The molecule has 0 aromatic heterocycles. The summed E-state index contributed by atoms with van der Waals surface area (Å²) >= 11 is 0. The Kier molecular flexibility index (Phi) is 13.7. The van der Waals surface area contributed by atoms with Gasteiger partial charge in [-0.1, -0.05) is 0 Å². The van der Waals surface area contributed by atoms with Crippen molar-refractivity contribution >= 4 is 11.9 Å². The van der Waals surface area contributed by atoms with Gasteiger partial charge in [0.2, 0.25) is 0 Å². The summed E-state index contributed by atoms with van der Waals surface area (Å²) in [7, 11) is 4.12. The van der Waals surface area contributed by atoms with Crippen LogP contribution in [0.5, 0.6) is 0 Å². The van der Waals surface area contributed by atoms with Crippen LogP contribution >= 0.6 is 0 Å². The molecule has 7 nitrogen and oxygen atoms in total. The standard InChI is InChI=1S/C16H33N3O4/c1-5-22-15(20)13-14(16(21)23-6-2)18-11-7-9-17-10-8-12-19(3)4/h14,17-18H,5-13H2,1-4H3/t14-/m0/s1. The van der Waals surface area contributed by atoms with Gasteiger partial charge in [-0.15, -0.1) is 0 Å². The lowest BCUT2D eigenvalue weighted by Crippen LogP contribution is -2.41. The Hall–Kier alpha value is -1.18. The normalized spacial score (nSPS) is 12.2. The number of nitrogens with one attached hydrogen (secondary N) is 2. The summed E-state index contributed by atoms with van der Waals surface area (Å²) in [5, 5.41) is 6.43. The number of nitrogens with zero attached hydrogens (tertiary/aromatic N) is 1. The average Bonchev–Trinajstić information content (AvgIpc) is 2.48. The van der Waals surface area contributed by atoms with Crippen LogP contribution in [0, 0.1) is 0 Å². The van der Waals surface area contributed by atoms with E-state index in [2.05, 4.69) is 29.6 Å². The largest absolute Gasteiger partial charge is 0.466 e. The lowest BCUT2D eigenvalue weighted by Gasteiger charge is -2.16. The van der Waals surface area contributed by atoms with Crippen molar-refractivity contribution in [3.63, 3.8) is 0 Å². The lowest BCUT2D eigenvalue weighted by molar-refractivity contribution is -0.152. The Bertz CT molecular complexity index is 324. The van der Waals surface area contributed by atoms with Crippen molar-refractivity contribution in [1.29, 1.82) is 0 Å². The maximum atomic E-state index is 11.8. The topological polar surface area (TPSA) is 79.9 Å². The smallest absolute Gasteiger partial charge is 0.323 e. The van der Waals surface area contributed by atoms with Crippen molar-refractivity contribution in [3.8, 4) is 0 Å². The summed E-state index contributed by atoms with van der Waals surface area (Å²) in [6.45, 7) is 7.65. The Balaban J connectivity index is 3.91. The molecule has 0 rings (SSSR count). The van der Waals surface area contributed by atoms with Crippen LogP contribution in [0.15, 0.2) is 0 Å². The van der Waals surface area contributed by atoms with E-state index in [4.69, 9.17) is 9.47 Å². The zero-order chi connectivity index (χ0) is 17.5.